The van der Waals surface area contributed by atoms with Crippen molar-refractivity contribution >= 4 is 45.9 Å². The number of fused-ring (bicyclic) bond motifs is 1. The maximum Gasteiger partial charge on any atom is 0.261 e. The molecule has 1 aromatic heterocycles. The van der Waals surface area contributed by atoms with Crippen molar-refractivity contribution in [1.29, 1.82) is 0 Å². The van der Waals surface area contributed by atoms with Gasteiger partial charge >= 0.3 is 0 Å². The van der Waals surface area contributed by atoms with Crippen molar-refractivity contribution in [2.45, 2.75) is 0 Å². The number of anilines is 1. The third-order valence-electron chi connectivity index (χ3n) is 4.21. The van der Waals surface area contributed by atoms with Gasteiger partial charge in [0.05, 0.1) is 5.02 Å². The summed E-state index contributed by atoms with van der Waals surface area (Å²) in [5.41, 5.74) is -0.665. The Balaban J connectivity index is 1.69. The lowest BCUT2D eigenvalue weighted by Crippen LogP contribution is -2.19. The summed E-state index contributed by atoms with van der Waals surface area (Å²) >= 11 is 12.0. The van der Waals surface area contributed by atoms with Gasteiger partial charge in [-0.15, -0.1) is 0 Å². The molecule has 0 radical (unpaired) electrons. The van der Waals surface area contributed by atoms with Crippen LogP contribution in [0.25, 0.3) is 22.6 Å². The number of halogens is 7. The van der Waals surface area contributed by atoms with Crippen LogP contribution in [0.4, 0.5) is 27.6 Å². The Morgan fingerprint density at radius 1 is 0.903 bits per heavy atom. The quantitative estimate of drug-likeness (QED) is 0.204. The van der Waals surface area contributed by atoms with Crippen LogP contribution in [0.3, 0.4) is 0 Å². The molecular formula is C20H7Cl2F5N2O2. The third kappa shape index (κ3) is 3.70. The standard InChI is InChI=1S/C20H7Cl2F5N2O2/c21-8-5-10(22)18-11(6-8)29-20(31-18)7-2-1-3-9(4-7)28-19(30)12-13(23)15(25)17(27)16(26)14(12)24/h1-6H,(H,28,30). The zero-order valence-corrected chi connectivity index (χ0v) is 16.4. The van der Waals surface area contributed by atoms with Gasteiger partial charge in [-0.3, -0.25) is 4.79 Å². The lowest BCUT2D eigenvalue weighted by molar-refractivity contribution is 0.101. The van der Waals surface area contributed by atoms with E-state index in [-0.39, 0.29) is 22.2 Å². The lowest BCUT2D eigenvalue weighted by Gasteiger charge is -2.09. The number of nitrogens with zero attached hydrogens (tertiary/aromatic N) is 1. The number of aromatic nitrogens is 1. The summed E-state index contributed by atoms with van der Waals surface area (Å²) in [6.07, 6.45) is 0. The van der Waals surface area contributed by atoms with Gasteiger partial charge in [-0.25, -0.2) is 26.9 Å². The number of amides is 1. The first-order valence-electron chi connectivity index (χ1n) is 8.36. The molecule has 0 unspecified atom stereocenters. The Morgan fingerprint density at radius 3 is 2.23 bits per heavy atom. The molecule has 0 saturated carbocycles. The van der Waals surface area contributed by atoms with Gasteiger partial charge in [-0.2, -0.15) is 0 Å². The number of hydrogen-bond donors (Lipinski definition) is 1. The molecule has 4 nitrogen and oxygen atoms in total. The molecule has 0 aliphatic rings. The van der Waals surface area contributed by atoms with Gasteiger partial charge in [-0.1, -0.05) is 29.3 Å². The maximum absolute atomic E-state index is 13.9. The fourth-order valence-corrected chi connectivity index (χ4v) is 3.33. The number of hydrogen-bond acceptors (Lipinski definition) is 3. The fourth-order valence-electron chi connectivity index (χ4n) is 2.81. The minimum absolute atomic E-state index is 0.0159. The summed E-state index contributed by atoms with van der Waals surface area (Å²) in [6.45, 7) is 0. The molecule has 0 saturated heterocycles. The number of rotatable bonds is 3. The molecule has 31 heavy (non-hydrogen) atoms. The summed E-state index contributed by atoms with van der Waals surface area (Å²) in [4.78, 5) is 16.5. The molecule has 0 aliphatic heterocycles. The van der Waals surface area contributed by atoms with Crippen molar-refractivity contribution in [3.05, 3.63) is 81.1 Å². The largest absolute Gasteiger partial charge is 0.435 e. The Kier molecular flexibility index (Phi) is 5.32. The monoisotopic (exact) mass is 472 g/mol. The molecule has 0 atom stereocenters. The van der Waals surface area contributed by atoms with Crippen LogP contribution in [-0.4, -0.2) is 10.9 Å². The van der Waals surface area contributed by atoms with Crippen LogP contribution in [0.2, 0.25) is 10.0 Å². The second kappa shape index (κ2) is 7.82. The van der Waals surface area contributed by atoms with Gasteiger partial charge in [0.1, 0.15) is 11.1 Å². The summed E-state index contributed by atoms with van der Waals surface area (Å²) in [5.74, 6) is -12.7. The number of carbonyl (C=O) groups is 1. The van der Waals surface area contributed by atoms with E-state index in [2.05, 4.69) is 10.3 Å². The summed E-state index contributed by atoms with van der Waals surface area (Å²) in [5, 5.41) is 2.64. The number of benzene rings is 3. The van der Waals surface area contributed by atoms with Crippen LogP contribution in [0.5, 0.6) is 0 Å². The first-order chi connectivity index (χ1) is 14.7. The van der Waals surface area contributed by atoms with Crippen LogP contribution < -0.4 is 5.32 Å². The second-order valence-electron chi connectivity index (χ2n) is 6.23. The van der Waals surface area contributed by atoms with E-state index < -0.39 is 40.6 Å². The maximum atomic E-state index is 13.9. The predicted molar refractivity (Wildman–Crippen MR) is 104 cm³/mol. The van der Waals surface area contributed by atoms with Crippen molar-refractivity contribution in [2.75, 3.05) is 5.32 Å². The number of oxazole rings is 1. The molecule has 4 aromatic rings. The van der Waals surface area contributed by atoms with Gasteiger partial charge in [0.15, 0.2) is 28.9 Å². The fraction of sp³-hybridized carbons (Fsp3) is 0. The first-order valence-corrected chi connectivity index (χ1v) is 9.11. The molecule has 1 amide bonds. The van der Waals surface area contributed by atoms with Crippen molar-refractivity contribution in [3.63, 3.8) is 0 Å². The topological polar surface area (TPSA) is 55.1 Å². The molecule has 11 heteroatoms. The predicted octanol–water partition coefficient (Wildman–Crippen LogP) is 6.75. The summed E-state index contributed by atoms with van der Waals surface area (Å²) < 4.78 is 73.2. The average molecular weight is 473 g/mol. The minimum atomic E-state index is -2.36. The molecule has 0 aliphatic carbocycles. The SMILES string of the molecule is O=C(Nc1cccc(-c2nc3cc(Cl)cc(Cl)c3o2)c1)c1c(F)c(F)c(F)c(F)c1F. The van der Waals surface area contributed by atoms with Crippen molar-refractivity contribution in [2.24, 2.45) is 0 Å². The second-order valence-corrected chi connectivity index (χ2v) is 7.08. The highest BCUT2D eigenvalue weighted by Crippen LogP contribution is 2.33. The van der Waals surface area contributed by atoms with Gasteiger partial charge < -0.3 is 9.73 Å². The van der Waals surface area contributed by atoms with E-state index in [4.69, 9.17) is 27.6 Å². The highest BCUT2D eigenvalue weighted by Gasteiger charge is 2.29. The van der Waals surface area contributed by atoms with Gasteiger partial charge in [0, 0.05) is 16.3 Å². The number of nitrogens with one attached hydrogen (secondary N) is 1. The molecule has 0 fully saturated rings. The molecular weight excluding hydrogens is 466 g/mol. The molecule has 0 spiro atoms. The summed E-state index contributed by atoms with van der Waals surface area (Å²) in [6, 6.07) is 8.64. The minimum Gasteiger partial charge on any atom is -0.435 e. The highest BCUT2D eigenvalue weighted by molar-refractivity contribution is 6.38. The Bertz CT molecular complexity index is 1340. The molecule has 1 N–H and O–H groups in total. The molecule has 4 rings (SSSR count). The molecule has 0 bridgehead atoms. The zero-order chi connectivity index (χ0) is 22.4. The van der Waals surface area contributed by atoms with E-state index in [0.29, 0.717) is 16.1 Å². The lowest BCUT2D eigenvalue weighted by atomic mass is 10.1. The van der Waals surface area contributed by atoms with E-state index in [9.17, 15) is 26.7 Å². The van der Waals surface area contributed by atoms with Crippen molar-refractivity contribution in [1.82, 2.24) is 4.98 Å². The van der Waals surface area contributed by atoms with E-state index in [1.165, 1.54) is 30.3 Å². The van der Waals surface area contributed by atoms with Crippen LogP contribution in [0.15, 0.2) is 40.8 Å². The van der Waals surface area contributed by atoms with E-state index in [1.54, 1.807) is 6.07 Å². The first kappa shape index (κ1) is 21.1. The molecule has 1 heterocycles. The van der Waals surface area contributed by atoms with Crippen LogP contribution in [0.1, 0.15) is 10.4 Å². The van der Waals surface area contributed by atoms with Crippen LogP contribution in [-0.2, 0) is 0 Å². The Hall–Kier alpha value is -3.17. The van der Waals surface area contributed by atoms with E-state index in [1.807, 2.05) is 0 Å². The molecule has 158 valence electrons. The van der Waals surface area contributed by atoms with Gasteiger partial charge in [0.25, 0.3) is 5.91 Å². The van der Waals surface area contributed by atoms with Crippen molar-refractivity contribution in [3.8, 4) is 11.5 Å². The summed E-state index contributed by atoms with van der Waals surface area (Å²) in [7, 11) is 0. The highest BCUT2D eigenvalue weighted by atomic mass is 35.5. The van der Waals surface area contributed by atoms with Crippen LogP contribution >= 0.6 is 23.2 Å². The van der Waals surface area contributed by atoms with Gasteiger partial charge in [0.2, 0.25) is 11.7 Å². The smallest absolute Gasteiger partial charge is 0.261 e. The normalized spacial score (nSPS) is 11.2. The average Bonchev–Trinajstić information content (AvgIpc) is 3.15. The van der Waals surface area contributed by atoms with Crippen molar-refractivity contribution < 1.29 is 31.2 Å². The van der Waals surface area contributed by atoms with Gasteiger partial charge in [-0.05, 0) is 30.3 Å². The third-order valence-corrected chi connectivity index (χ3v) is 4.71. The van der Waals surface area contributed by atoms with Crippen LogP contribution in [0, 0.1) is 29.1 Å². The molecule has 3 aromatic carbocycles. The van der Waals surface area contributed by atoms with E-state index in [0.717, 1.165) is 0 Å². The van der Waals surface area contributed by atoms with E-state index >= 15 is 0 Å². The Labute approximate surface area is 180 Å². The Morgan fingerprint density at radius 2 is 1.55 bits per heavy atom. The number of carbonyl (C=O) groups excluding carboxylic acids is 1. The zero-order valence-electron chi connectivity index (χ0n) is 14.9.